The molecule has 1 saturated heterocycles. The summed E-state index contributed by atoms with van der Waals surface area (Å²) in [7, 11) is 0. The van der Waals surface area contributed by atoms with Gasteiger partial charge in [-0.3, -0.25) is 43.6 Å². The van der Waals surface area contributed by atoms with Gasteiger partial charge in [0.15, 0.2) is 0 Å². The van der Waals surface area contributed by atoms with Crippen molar-refractivity contribution >= 4 is 47.3 Å². The third-order valence-corrected chi connectivity index (χ3v) is 21.4. The molecule has 1 radical (unpaired) electrons. The Kier molecular flexibility index (Phi) is 58.2. The summed E-state index contributed by atoms with van der Waals surface area (Å²) in [4.78, 5) is 117. The minimum atomic E-state index is -1.77. The van der Waals surface area contributed by atoms with Crippen LogP contribution in [0, 0.1) is 63.6 Å². The van der Waals surface area contributed by atoms with Gasteiger partial charge in [-0.15, -0.1) is 0 Å². The summed E-state index contributed by atoms with van der Waals surface area (Å²) in [5.41, 5.74) is -11.7. The van der Waals surface area contributed by atoms with Gasteiger partial charge in [0.25, 0.3) is 0 Å². The Morgan fingerprint density at radius 2 is 0.405 bits per heavy atom. The summed E-state index contributed by atoms with van der Waals surface area (Å²) in [6, 6.07) is -6.47. The number of aliphatic hydroxyl groups is 16. The molecule has 4 atom stereocenters. The van der Waals surface area contributed by atoms with Gasteiger partial charge >= 0.3 is 39.9 Å². The van der Waals surface area contributed by atoms with Crippen molar-refractivity contribution in [3.05, 3.63) is 0 Å². The Labute approximate surface area is 740 Å². The van der Waals surface area contributed by atoms with Crippen LogP contribution in [0.1, 0.15) is 114 Å². The molecule has 44 heteroatoms. The number of ether oxygens (including phenoxy) is 8. The number of hydrogen-bond acceptors (Lipinski definition) is 39. The van der Waals surface area contributed by atoms with E-state index in [0.717, 1.165) is 0 Å². The van der Waals surface area contributed by atoms with Gasteiger partial charge in [-0.05, 0) is 88.0 Å². The van der Waals surface area contributed by atoms with E-state index in [1.165, 1.54) is 77.0 Å². The van der Waals surface area contributed by atoms with Gasteiger partial charge in [0.2, 0.25) is 23.6 Å². The van der Waals surface area contributed by atoms with Gasteiger partial charge < -0.3 is 171 Å². The van der Waals surface area contributed by atoms with E-state index in [-0.39, 0.29) is 152 Å². The van der Waals surface area contributed by atoms with E-state index >= 15 is 0 Å². The second-order valence-corrected chi connectivity index (χ2v) is 33.2. The molecule has 20 N–H and O–H groups in total. The average molecular weight is 1900 g/mol. The van der Waals surface area contributed by atoms with E-state index in [4.69, 9.17) is 37.9 Å². The van der Waals surface area contributed by atoms with Crippen molar-refractivity contribution in [3.8, 4) is 0 Å². The van der Waals surface area contributed by atoms with Crippen LogP contribution in [0.3, 0.4) is 0 Å². The van der Waals surface area contributed by atoms with Crippen molar-refractivity contribution in [1.82, 2.24) is 40.9 Å². The fourth-order valence-corrected chi connectivity index (χ4v) is 11.5. The fourth-order valence-electron chi connectivity index (χ4n) is 11.5. The number of carbonyl (C=O) groups excluding carboxylic acids is 8. The molecule has 0 aromatic rings. The van der Waals surface area contributed by atoms with Crippen LogP contribution in [0.5, 0.6) is 0 Å². The number of aliphatic hydroxyl groups excluding tert-OH is 16. The first-order chi connectivity index (χ1) is 56.5. The maximum absolute atomic E-state index is 14.2. The van der Waals surface area contributed by atoms with E-state index in [0.29, 0.717) is 0 Å². The maximum Gasteiger partial charge on any atom is 3.00 e. The normalized spacial score (nSPS) is 15.8. The van der Waals surface area contributed by atoms with E-state index in [1.807, 2.05) is 0 Å². The summed E-state index contributed by atoms with van der Waals surface area (Å²) < 4.78 is 46.4. The number of carboxylic acid groups (broad SMARTS) is 3. The quantitative estimate of drug-likeness (QED) is 0.0269. The number of aliphatic carboxylic acids is 3. The molecule has 1 fully saturated rings. The Morgan fingerprint density at radius 1 is 0.273 bits per heavy atom. The Balaban J connectivity index is 0.000144. The monoisotopic (exact) mass is 1900 g/mol. The number of Topliss-reactive ketones (excluding diaryl/α,β-unsaturated/α-hetero) is 1. The molecule has 1 heterocycles. The van der Waals surface area contributed by atoms with Crippen molar-refractivity contribution in [2.75, 3.05) is 237 Å². The Hall–Kier alpha value is -3.84. The molecule has 0 aromatic carbocycles. The topological polar surface area (TPSA) is 664 Å². The number of hydrogen-bond donors (Lipinski definition) is 20. The van der Waals surface area contributed by atoms with Gasteiger partial charge in [-0.2, -0.15) is 0 Å². The Morgan fingerprint density at radius 3 is 0.529 bits per heavy atom. The molecule has 0 bridgehead atoms. The van der Waals surface area contributed by atoms with E-state index in [2.05, 4.69) is 21.3 Å². The summed E-state index contributed by atoms with van der Waals surface area (Å²) in [6.07, 6.45) is -3.92. The number of nitrogens with one attached hydrogen (secondary N) is 4. The largest absolute Gasteiger partial charge is 3.00 e. The first kappa shape index (κ1) is 117. The molecule has 0 aliphatic carbocycles. The van der Waals surface area contributed by atoms with Crippen LogP contribution >= 0.6 is 0 Å². The van der Waals surface area contributed by atoms with Crippen molar-refractivity contribution in [1.29, 1.82) is 0 Å². The van der Waals surface area contributed by atoms with Gasteiger partial charge in [0.05, 0.1) is 183 Å². The van der Waals surface area contributed by atoms with Crippen LogP contribution in [-0.4, -0.2) is 455 Å². The molecule has 4 unspecified atom stereocenters. The van der Waals surface area contributed by atoms with Crippen LogP contribution in [0.2, 0.25) is 0 Å². The zero-order valence-corrected chi connectivity index (χ0v) is 74.1. The van der Waals surface area contributed by atoms with E-state index < -0.39 is 317 Å². The molecule has 4 amide bonds. The standard InChI is InChI=1S/C77H146N8O35.Gd/c1-54(102)59(10-14-63(103)78-26-55(30-113-70(2,38-86)39-87)31-114-71(3,40-88)41-89)82-18-20-83(60(67(107)108)11-15-64(104)79-27-56(32-115-72(4,42-90)43-91)33-116-73(5,44-92)45-93)22-24-85(62(69(111)112)13-17-66(106)81-29-58(36-119-76(8,50-98)51-99)37-120-77(9,52-100)53-101)25-23-84(21-19-82)61(68(109)110)12-16-65(105)80-28-57(34-117-74(6,46-94)47-95)35-118-75(7,48-96)49-97;/h55-62,86-101H,10-53H2,1-9H3,(H,78,103)(H,79,104)(H,80,105)(H,81,106)(H,107,108)(H,109,110)(H,111,112);/q;+3/p-3. The number of rotatable bonds is 68. The fraction of sp³-hybridized carbons (Fsp3) is 0.896. The summed E-state index contributed by atoms with van der Waals surface area (Å²) in [6.45, 7) is -3.64. The predicted molar refractivity (Wildman–Crippen MR) is 418 cm³/mol. The zero-order valence-electron chi connectivity index (χ0n) is 71.8. The smallest absolute Gasteiger partial charge is 0.548 e. The second-order valence-electron chi connectivity index (χ2n) is 33.2. The minimum absolute atomic E-state index is 0. The molecule has 1 aliphatic heterocycles. The van der Waals surface area contributed by atoms with Crippen LogP contribution < -0.4 is 36.6 Å². The molecule has 1 aliphatic rings. The van der Waals surface area contributed by atoms with Gasteiger partial charge in [0, 0.05) is 146 Å². The predicted octanol–water partition coefficient (Wildman–Crippen LogP) is -12.3. The molecule has 0 saturated carbocycles. The van der Waals surface area contributed by atoms with Gasteiger partial charge in [-0.1, -0.05) is 0 Å². The Bertz CT molecular complexity index is 2430. The summed E-state index contributed by atoms with van der Waals surface area (Å²) in [5.74, 6) is -11.8. The first-order valence-electron chi connectivity index (χ1n) is 40.5. The third kappa shape index (κ3) is 44.6. The SMILES string of the molecule is CC(=O)C(CCC(=O)NCC(COC(C)(CO)CO)COC(C)(CO)CO)N1CCN(C(CCC(=O)NCC(COC(C)(CO)CO)COC(C)(CO)CO)C(=O)[O-])CCN(C(CCC(=O)NCC(COC(C)(CO)CO)COC(C)(CO)CO)C(=O)[O-])CCN(C(CCC(=O)NCC(COC(C)(CO)CO)COC(C)(CO)CO)C(=O)[O-])CC1.[Gd+3]. The zero-order chi connectivity index (χ0) is 91.1. The molecule has 43 nitrogen and oxygen atoms in total. The first-order valence-corrected chi connectivity index (χ1v) is 40.5. The van der Waals surface area contributed by atoms with Crippen LogP contribution in [-0.2, 0) is 76.3 Å². The summed E-state index contributed by atoms with van der Waals surface area (Å²) >= 11 is 0. The molecule has 0 spiro atoms. The average Bonchev–Trinajstić information content (AvgIpc) is 0.833. The van der Waals surface area contributed by atoms with Crippen molar-refractivity contribution in [2.24, 2.45) is 23.7 Å². The van der Waals surface area contributed by atoms with Crippen LogP contribution in [0.15, 0.2) is 0 Å². The number of carbonyl (C=O) groups is 8. The molecular formula is C77H143GdN8O35. The molecule has 1 rings (SSSR count). The molecule has 709 valence electrons. The van der Waals surface area contributed by atoms with Crippen molar-refractivity contribution in [3.63, 3.8) is 0 Å². The van der Waals surface area contributed by atoms with Crippen LogP contribution in [0.25, 0.3) is 0 Å². The number of amides is 4. The van der Waals surface area contributed by atoms with Crippen LogP contribution in [0.4, 0.5) is 0 Å². The van der Waals surface area contributed by atoms with Gasteiger partial charge in [-0.25, -0.2) is 0 Å². The minimum Gasteiger partial charge on any atom is -0.548 e. The van der Waals surface area contributed by atoms with E-state index in [1.54, 1.807) is 4.90 Å². The number of ketones is 1. The van der Waals surface area contributed by atoms with Crippen molar-refractivity contribution < 1.29 is 213 Å². The van der Waals surface area contributed by atoms with Gasteiger partial charge in [0.1, 0.15) is 50.6 Å². The molecule has 0 aromatic heterocycles. The number of nitrogens with zero attached hydrogens (tertiary/aromatic N) is 4. The molecule has 121 heavy (non-hydrogen) atoms. The third-order valence-electron chi connectivity index (χ3n) is 21.4. The van der Waals surface area contributed by atoms with E-state index in [9.17, 15) is 135 Å². The summed E-state index contributed by atoms with van der Waals surface area (Å²) in [5, 5.41) is 211. The molecular weight excluding hydrogens is 1750 g/mol. The maximum atomic E-state index is 14.2. The number of carboxylic acids is 3. The second kappa shape index (κ2) is 60.1. The van der Waals surface area contributed by atoms with Crippen molar-refractivity contribution in [2.45, 2.75) is 183 Å².